The SMILES string of the molecule is C[C@@H]1CN([C@@H](C)CO)S(=O)(=O)c2ccc(C=Cc3ccccc3)cc2O[C@H]1CN(C)C(=O)NC1CCCCC1. The standard InChI is InChI=1S/C30H41N3O5S/c1-22-19-33(23(2)21-34)39(36,37)29-17-16-25(15-14-24-10-6-4-7-11-24)18-27(29)38-28(22)20-32(3)30(35)31-26-12-8-5-9-13-26/h4,6-7,10-11,14-18,22-23,26,28,34H,5,8-9,12-13,19-21H2,1-3H3,(H,31,35)/t22-,23+,28+/m1/s1. The monoisotopic (exact) mass is 555 g/mol. The van der Waals surface area contributed by atoms with Gasteiger partial charge >= 0.3 is 6.03 Å². The van der Waals surface area contributed by atoms with Crippen LogP contribution in [-0.4, -0.2) is 73.7 Å². The maximum atomic E-state index is 13.7. The van der Waals surface area contributed by atoms with Crippen LogP contribution in [-0.2, 0) is 10.0 Å². The van der Waals surface area contributed by atoms with Crippen molar-refractivity contribution in [1.82, 2.24) is 14.5 Å². The minimum Gasteiger partial charge on any atom is -0.487 e. The van der Waals surface area contributed by atoms with E-state index < -0.39 is 22.2 Å². The van der Waals surface area contributed by atoms with Gasteiger partial charge in [-0.3, -0.25) is 0 Å². The van der Waals surface area contributed by atoms with Crippen molar-refractivity contribution in [2.24, 2.45) is 5.92 Å². The lowest BCUT2D eigenvalue weighted by Crippen LogP contribution is -2.52. The van der Waals surface area contributed by atoms with E-state index in [9.17, 15) is 18.3 Å². The molecule has 1 aliphatic carbocycles. The summed E-state index contributed by atoms with van der Waals surface area (Å²) in [6, 6.07) is 14.4. The number of carbonyl (C=O) groups is 1. The quantitative estimate of drug-likeness (QED) is 0.487. The molecule has 2 amide bonds. The van der Waals surface area contributed by atoms with Crippen molar-refractivity contribution < 1.29 is 23.1 Å². The van der Waals surface area contributed by atoms with E-state index in [1.54, 1.807) is 37.1 Å². The first-order valence-electron chi connectivity index (χ1n) is 13.9. The summed E-state index contributed by atoms with van der Waals surface area (Å²) < 4.78 is 35.2. The number of hydrogen-bond acceptors (Lipinski definition) is 5. The van der Waals surface area contributed by atoms with Gasteiger partial charge in [0.1, 0.15) is 16.7 Å². The van der Waals surface area contributed by atoms with Gasteiger partial charge in [-0.05, 0) is 43.0 Å². The molecular weight excluding hydrogens is 514 g/mol. The van der Waals surface area contributed by atoms with Crippen LogP contribution in [0.1, 0.15) is 57.1 Å². The first-order valence-corrected chi connectivity index (χ1v) is 15.3. The van der Waals surface area contributed by atoms with E-state index in [-0.39, 0.29) is 41.8 Å². The lowest BCUT2D eigenvalue weighted by Gasteiger charge is -2.37. The Morgan fingerprint density at radius 3 is 2.51 bits per heavy atom. The van der Waals surface area contributed by atoms with Crippen LogP contribution >= 0.6 is 0 Å². The third kappa shape index (κ3) is 7.21. The van der Waals surface area contributed by atoms with E-state index in [4.69, 9.17) is 4.74 Å². The number of fused-ring (bicyclic) bond motifs is 1. The third-order valence-electron chi connectivity index (χ3n) is 7.69. The number of hydrogen-bond donors (Lipinski definition) is 2. The number of aliphatic hydroxyl groups excluding tert-OH is 1. The number of benzene rings is 2. The lowest BCUT2D eigenvalue weighted by molar-refractivity contribution is 0.0806. The molecule has 2 aliphatic rings. The number of sulfonamides is 1. The Labute approximate surface area is 232 Å². The van der Waals surface area contributed by atoms with E-state index in [2.05, 4.69) is 5.32 Å². The van der Waals surface area contributed by atoms with Crippen LogP contribution in [0.3, 0.4) is 0 Å². The molecule has 212 valence electrons. The van der Waals surface area contributed by atoms with Gasteiger partial charge in [0.05, 0.1) is 13.2 Å². The van der Waals surface area contributed by atoms with Gasteiger partial charge < -0.3 is 20.1 Å². The Morgan fingerprint density at radius 2 is 1.82 bits per heavy atom. The van der Waals surface area contributed by atoms with E-state index in [0.717, 1.165) is 36.8 Å². The molecule has 1 heterocycles. The molecule has 8 nitrogen and oxygen atoms in total. The average molecular weight is 556 g/mol. The predicted molar refractivity (Wildman–Crippen MR) is 154 cm³/mol. The number of ether oxygens (including phenoxy) is 1. The second-order valence-corrected chi connectivity index (χ2v) is 12.7. The summed E-state index contributed by atoms with van der Waals surface area (Å²) in [7, 11) is -2.18. The molecule has 9 heteroatoms. The summed E-state index contributed by atoms with van der Waals surface area (Å²) in [5, 5.41) is 13.0. The summed E-state index contributed by atoms with van der Waals surface area (Å²) in [5.41, 5.74) is 1.82. The number of likely N-dealkylation sites (N-methyl/N-ethyl adjacent to an activating group) is 1. The fourth-order valence-corrected chi connectivity index (χ4v) is 7.03. The molecule has 3 atom stereocenters. The van der Waals surface area contributed by atoms with Crippen molar-refractivity contribution in [3.63, 3.8) is 0 Å². The summed E-state index contributed by atoms with van der Waals surface area (Å²) in [5.74, 6) is 0.00774. The highest BCUT2D eigenvalue weighted by atomic mass is 32.2. The van der Waals surface area contributed by atoms with Crippen molar-refractivity contribution in [3.05, 3.63) is 59.7 Å². The molecule has 39 heavy (non-hydrogen) atoms. The topological polar surface area (TPSA) is 99.2 Å². The molecule has 0 spiro atoms. The zero-order valence-electron chi connectivity index (χ0n) is 23.1. The van der Waals surface area contributed by atoms with Crippen LogP contribution in [0.15, 0.2) is 53.4 Å². The molecule has 1 aliphatic heterocycles. The number of carbonyl (C=O) groups excluding carboxylic acids is 1. The fraction of sp³-hybridized carbons (Fsp3) is 0.500. The van der Waals surface area contributed by atoms with Gasteiger partial charge in [-0.25, -0.2) is 13.2 Å². The Hall–Kier alpha value is -2.88. The normalized spacial score (nSPS) is 22.8. The Morgan fingerprint density at radius 1 is 1.13 bits per heavy atom. The van der Waals surface area contributed by atoms with Crippen LogP contribution in [0.5, 0.6) is 5.75 Å². The zero-order valence-corrected chi connectivity index (χ0v) is 23.9. The van der Waals surface area contributed by atoms with Crippen LogP contribution < -0.4 is 10.1 Å². The molecule has 2 aromatic rings. The number of amides is 2. The summed E-state index contributed by atoms with van der Waals surface area (Å²) >= 11 is 0. The summed E-state index contributed by atoms with van der Waals surface area (Å²) in [4.78, 5) is 14.7. The Kier molecular flexibility index (Phi) is 9.69. The van der Waals surface area contributed by atoms with Crippen molar-refractivity contribution in [1.29, 1.82) is 0 Å². The molecule has 1 saturated carbocycles. The van der Waals surface area contributed by atoms with Gasteiger partial charge in [0.25, 0.3) is 0 Å². The number of aliphatic hydroxyl groups is 1. The highest BCUT2D eigenvalue weighted by molar-refractivity contribution is 7.89. The van der Waals surface area contributed by atoms with Gasteiger partial charge in [-0.1, -0.05) is 74.7 Å². The van der Waals surface area contributed by atoms with Crippen molar-refractivity contribution in [3.8, 4) is 5.75 Å². The van der Waals surface area contributed by atoms with Gasteiger partial charge in [-0.2, -0.15) is 4.31 Å². The van der Waals surface area contributed by atoms with E-state index in [1.165, 1.54) is 10.7 Å². The molecule has 0 aromatic heterocycles. The van der Waals surface area contributed by atoms with Crippen LogP contribution in [0.25, 0.3) is 12.2 Å². The predicted octanol–water partition coefficient (Wildman–Crippen LogP) is 4.60. The maximum absolute atomic E-state index is 13.7. The third-order valence-corrected chi connectivity index (χ3v) is 9.71. The van der Waals surface area contributed by atoms with Gasteiger partial charge in [0.15, 0.2) is 0 Å². The molecule has 0 radical (unpaired) electrons. The van der Waals surface area contributed by atoms with Crippen molar-refractivity contribution in [2.45, 2.75) is 69.0 Å². The second kappa shape index (κ2) is 13.0. The second-order valence-electron chi connectivity index (χ2n) is 10.9. The fourth-order valence-electron chi connectivity index (χ4n) is 5.20. The minimum absolute atomic E-state index is 0.0610. The van der Waals surface area contributed by atoms with E-state index in [1.807, 2.05) is 49.4 Å². The van der Waals surface area contributed by atoms with Gasteiger partial charge in [-0.15, -0.1) is 0 Å². The lowest BCUT2D eigenvalue weighted by atomic mass is 9.96. The first-order chi connectivity index (χ1) is 18.7. The van der Waals surface area contributed by atoms with Gasteiger partial charge in [0, 0.05) is 31.6 Å². The Bertz CT molecular complexity index is 1240. The molecule has 0 saturated heterocycles. The smallest absolute Gasteiger partial charge is 0.317 e. The molecule has 2 N–H and O–H groups in total. The highest BCUT2D eigenvalue weighted by Gasteiger charge is 2.38. The van der Waals surface area contributed by atoms with Crippen molar-refractivity contribution in [2.75, 3.05) is 26.7 Å². The number of nitrogens with zero attached hydrogens (tertiary/aromatic N) is 2. The number of urea groups is 1. The van der Waals surface area contributed by atoms with Gasteiger partial charge in [0.2, 0.25) is 10.0 Å². The molecule has 2 aromatic carbocycles. The maximum Gasteiger partial charge on any atom is 0.317 e. The summed E-state index contributed by atoms with van der Waals surface area (Å²) in [6.45, 7) is 3.79. The summed E-state index contributed by atoms with van der Waals surface area (Å²) in [6.07, 6.45) is 8.88. The number of nitrogens with one attached hydrogen (secondary N) is 1. The minimum atomic E-state index is -3.93. The average Bonchev–Trinajstić information content (AvgIpc) is 2.94. The molecular formula is C30H41N3O5S. The van der Waals surface area contributed by atoms with Crippen molar-refractivity contribution >= 4 is 28.2 Å². The largest absolute Gasteiger partial charge is 0.487 e. The zero-order chi connectivity index (χ0) is 28.0. The van der Waals surface area contributed by atoms with Crippen LogP contribution in [0.2, 0.25) is 0 Å². The molecule has 1 fully saturated rings. The van der Waals surface area contributed by atoms with Crippen LogP contribution in [0.4, 0.5) is 4.79 Å². The van der Waals surface area contributed by atoms with E-state index >= 15 is 0 Å². The number of rotatable bonds is 7. The highest BCUT2D eigenvalue weighted by Crippen LogP contribution is 2.34. The Balaban J connectivity index is 1.62. The molecule has 0 bridgehead atoms. The van der Waals surface area contributed by atoms with Crippen LogP contribution in [0, 0.1) is 5.92 Å². The molecule has 0 unspecified atom stereocenters. The molecule has 4 rings (SSSR count). The van der Waals surface area contributed by atoms with E-state index in [0.29, 0.717) is 6.54 Å². The first kappa shape index (κ1) is 29.1.